The molecule has 1 N–H and O–H groups in total. The van der Waals surface area contributed by atoms with E-state index in [2.05, 4.69) is 29.1 Å². The second kappa shape index (κ2) is 7.72. The molecule has 3 nitrogen and oxygen atoms in total. The molecule has 1 atom stereocenters. The molecule has 0 amide bonds. The van der Waals surface area contributed by atoms with Crippen LogP contribution in [-0.2, 0) is 0 Å². The standard InChI is InChI=1S/C16H26FN3/c1-3-16(14-4-6-15(17)7-5-14)19(2)12-13-20-10-8-18-9-11-20/h4-7,16,18H,3,8-13H2,1-2H3. The van der Waals surface area contributed by atoms with Gasteiger partial charge in [-0.05, 0) is 31.2 Å². The molecule has 1 aliphatic rings. The van der Waals surface area contributed by atoms with E-state index in [0.717, 1.165) is 45.7 Å². The van der Waals surface area contributed by atoms with Crippen molar-refractivity contribution in [3.05, 3.63) is 35.6 Å². The van der Waals surface area contributed by atoms with Crippen molar-refractivity contribution in [3.63, 3.8) is 0 Å². The predicted molar refractivity (Wildman–Crippen MR) is 81.4 cm³/mol. The highest BCUT2D eigenvalue weighted by atomic mass is 19.1. The lowest BCUT2D eigenvalue weighted by Crippen LogP contribution is -2.46. The Morgan fingerprint density at radius 2 is 1.90 bits per heavy atom. The number of halogens is 1. The van der Waals surface area contributed by atoms with Gasteiger partial charge in [0.2, 0.25) is 0 Å². The number of likely N-dealkylation sites (N-methyl/N-ethyl adjacent to an activating group) is 1. The van der Waals surface area contributed by atoms with Gasteiger partial charge in [-0.2, -0.15) is 0 Å². The van der Waals surface area contributed by atoms with E-state index in [4.69, 9.17) is 0 Å². The van der Waals surface area contributed by atoms with Crippen LogP contribution in [0.2, 0.25) is 0 Å². The molecule has 0 saturated carbocycles. The van der Waals surface area contributed by atoms with Crippen molar-refractivity contribution in [3.8, 4) is 0 Å². The monoisotopic (exact) mass is 279 g/mol. The summed E-state index contributed by atoms with van der Waals surface area (Å²) in [5.41, 5.74) is 1.21. The number of nitrogens with one attached hydrogen (secondary N) is 1. The lowest BCUT2D eigenvalue weighted by Gasteiger charge is -2.32. The molecule has 4 heteroatoms. The molecule has 1 fully saturated rings. The number of hydrogen-bond acceptors (Lipinski definition) is 3. The highest BCUT2D eigenvalue weighted by molar-refractivity contribution is 5.19. The summed E-state index contributed by atoms with van der Waals surface area (Å²) in [5, 5.41) is 3.38. The SMILES string of the molecule is CCC(c1ccc(F)cc1)N(C)CCN1CCNCC1. The second-order valence-corrected chi connectivity index (χ2v) is 5.55. The van der Waals surface area contributed by atoms with E-state index in [1.807, 2.05) is 12.1 Å². The fraction of sp³-hybridized carbons (Fsp3) is 0.625. The first-order valence-corrected chi connectivity index (χ1v) is 7.59. The summed E-state index contributed by atoms with van der Waals surface area (Å²) in [6, 6.07) is 7.30. The van der Waals surface area contributed by atoms with E-state index in [0.29, 0.717) is 6.04 Å². The molecule has 1 saturated heterocycles. The third-order valence-corrected chi connectivity index (χ3v) is 4.15. The quantitative estimate of drug-likeness (QED) is 0.860. The first-order valence-electron chi connectivity index (χ1n) is 7.59. The minimum absolute atomic E-state index is 0.160. The molecule has 0 radical (unpaired) electrons. The van der Waals surface area contributed by atoms with Crippen molar-refractivity contribution in [2.24, 2.45) is 0 Å². The summed E-state index contributed by atoms with van der Waals surface area (Å²) >= 11 is 0. The van der Waals surface area contributed by atoms with E-state index in [-0.39, 0.29) is 5.82 Å². The van der Waals surface area contributed by atoms with Gasteiger partial charge in [0.1, 0.15) is 5.82 Å². The van der Waals surface area contributed by atoms with Gasteiger partial charge in [0.05, 0.1) is 0 Å². The Kier molecular flexibility index (Phi) is 5.95. The normalized spacial score (nSPS) is 18.4. The van der Waals surface area contributed by atoms with E-state index < -0.39 is 0 Å². The van der Waals surface area contributed by atoms with Gasteiger partial charge in [0, 0.05) is 45.3 Å². The van der Waals surface area contributed by atoms with Crippen LogP contribution in [0.4, 0.5) is 4.39 Å². The number of hydrogen-bond donors (Lipinski definition) is 1. The zero-order valence-corrected chi connectivity index (χ0v) is 12.6. The Labute approximate surface area is 121 Å². The number of rotatable bonds is 6. The summed E-state index contributed by atoms with van der Waals surface area (Å²) < 4.78 is 13.0. The van der Waals surface area contributed by atoms with Crippen LogP contribution in [0.3, 0.4) is 0 Å². The van der Waals surface area contributed by atoms with Crippen LogP contribution in [0.1, 0.15) is 24.9 Å². The van der Waals surface area contributed by atoms with Crippen molar-refractivity contribution in [1.29, 1.82) is 0 Å². The Morgan fingerprint density at radius 1 is 1.25 bits per heavy atom. The summed E-state index contributed by atoms with van der Waals surface area (Å²) in [6.45, 7) is 8.82. The Balaban J connectivity index is 1.87. The molecule has 112 valence electrons. The van der Waals surface area contributed by atoms with E-state index in [9.17, 15) is 4.39 Å². The average Bonchev–Trinajstić information content (AvgIpc) is 2.49. The molecule has 1 aromatic rings. The molecule has 1 unspecified atom stereocenters. The molecule has 0 aromatic heterocycles. The molecule has 0 spiro atoms. The minimum Gasteiger partial charge on any atom is -0.314 e. The largest absolute Gasteiger partial charge is 0.314 e. The molecular formula is C16H26FN3. The number of benzene rings is 1. The predicted octanol–water partition coefficient (Wildman–Crippen LogP) is 2.11. The summed E-state index contributed by atoms with van der Waals surface area (Å²) in [4.78, 5) is 4.89. The maximum atomic E-state index is 13.0. The zero-order valence-electron chi connectivity index (χ0n) is 12.6. The first-order chi connectivity index (χ1) is 9.70. The van der Waals surface area contributed by atoms with Crippen molar-refractivity contribution in [1.82, 2.24) is 15.1 Å². The fourth-order valence-electron chi connectivity index (χ4n) is 2.88. The van der Waals surface area contributed by atoms with E-state index in [1.165, 1.54) is 5.56 Å². The molecule has 20 heavy (non-hydrogen) atoms. The zero-order chi connectivity index (χ0) is 14.4. The summed E-state index contributed by atoms with van der Waals surface area (Å²) in [6.07, 6.45) is 1.05. The molecular weight excluding hydrogens is 253 g/mol. The Bertz CT molecular complexity index is 387. The second-order valence-electron chi connectivity index (χ2n) is 5.55. The van der Waals surface area contributed by atoms with Crippen molar-refractivity contribution >= 4 is 0 Å². The minimum atomic E-state index is -0.160. The van der Waals surface area contributed by atoms with Gasteiger partial charge >= 0.3 is 0 Å². The summed E-state index contributed by atoms with van der Waals surface area (Å²) in [5.74, 6) is -0.160. The maximum absolute atomic E-state index is 13.0. The van der Waals surface area contributed by atoms with Crippen LogP contribution in [0, 0.1) is 5.82 Å². The van der Waals surface area contributed by atoms with Gasteiger partial charge in [0.15, 0.2) is 0 Å². The van der Waals surface area contributed by atoms with Gasteiger partial charge in [-0.3, -0.25) is 9.80 Å². The highest BCUT2D eigenvalue weighted by Gasteiger charge is 2.16. The van der Waals surface area contributed by atoms with Gasteiger partial charge < -0.3 is 5.32 Å². The lowest BCUT2D eigenvalue weighted by molar-refractivity contribution is 0.174. The number of nitrogens with zero attached hydrogens (tertiary/aromatic N) is 2. The molecule has 1 aromatic carbocycles. The van der Waals surface area contributed by atoms with Crippen LogP contribution >= 0.6 is 0 Å². The van der Waals surface area contributed by atoms with Crippen LogP contribution in [0.5, 0.6) is 0 Å². The molecule has 2 rings (SSSR count). The maximum Gasteiger partial charge on any atom is 0.123 e. The fourth-order valence-corrected chi connectivity index (χ4v) is 2.88. The van der Waals surface area contributed by atoms with Gasteiger partial charge in [-0.25, -0.2) is 4.39 Å². The lowest BCUT2D eigenvalue weighted by atomic mass is 10.0. The third-order valence-electron chi connectivity index (χ3n) is 4.15. The van der Waals surface area contributed by atoms with Crippen LogP contribution in [0.15, 0.2) is 24.3 Å². The van der Waals surface area contributed by atoms with E-state index in [1.54, 1.807) is 12.1 Å². The average molecular weight is 279 g/mol. The van der Waals surface area contributed by atoms with Crippen molar-refractivity contribution in [2.75, 3.05) is 46.3 Å². The van der Waals surface area contributed by atoms with Crippen LogP contribution < -0.4 is 5.32 Å². The Morgan fingerprint density at radius 3 is 2.50 bits per heavy atom. The van der Waals surface area contributed by atoms with Crippen molar-refractivity contribution < 1.29 is 4.39 Å². The van der Waals surface area contributed by atoms with Crippen LogP contribution in [-0.4, -0.2) is 56.1 Å². The summed E-state index contributed by atoms with van der Waals surface area (Å²) in [7, 11) is 2.17. The molecule has 0 bridgehead atoms. The Hall–Kier alpha value is -0.970. The molecule has 0 aliphatic carbocycles. The third kappa shape index (κ3) is 4.27. The molecule has 1 heterocycles. The van der Waals surface area contributed by atoms with Crippen molar-refractivity contribution in [2.45, 2.75) is 19.4 Å². The topological polar surface area (TPSA) is 18.5 Å². The smallest absolute Gasteiger partial charge is 0.123 e. The highest BCUT2D eigenvalue weighted by Crippen LogP contribution is 2.22. The van der Waals surface area contributed by atoms with Gasteiger partial charge in [-0.15, -0.1) is 0 Å². The van der Waals surface area contributed by atoms with Crippen LogP contribution in [0.25, 0.3) is 0 Å². The molecule has 1 aliphatic heterocycles. The first kappa shape index (κ1) is 15.4. The van der Waals surface area contributed by atoms with Gasteiger partial charge in [-0.1, -0.05) is 19.1 Å². The van der Waals surface area contributed by atoms with E-state index >= 15 is 0 Å². The van der Waals surface area contributed by atoms with Gasteiger partial charge in [0.25, 0.3) is 0 Å². The number of piperazine rings is 1.